The third kappa shape index (κ3) is 6.85. The van der Waals surface area contributed by atoms with Crippen LogP contribution in [0.4, 0.5) is 0 Å². The fraction of sp³-hybridized carbons (Fsp3) is 0.706. The van der Waals surface area contributed by atoms with E-state index in [0.717, 1.165) is 51.8 Å². The molecule has 0 saturated carbocycles. The summed E-state index contributed by atoms with van der Waals surface area (Å²) in [6, 6.07) is 5.11. The summed E-state index contributed by atoms with van der Waals surface area (Å²) in [4.78, 5) is 8.73. The van der Waals surface area contributed by atoms with Crippen molar-refractivity contribution < 1.29 is 4.74 Å². The highest BCUT2D eigenvalue weighted by atomic mass is 127. The van der Waals surface area contributed by atoms with Crippen LogP contribution in [-0.2, 0) is 4.74 Å². The summed E-state index contributed by atoms with van der Waals surface area (Å²) < 4.78 is 5.50. The molecule has 1 aliphatic heterocycles. The van der Waals surface area contributed by atoms with E-state index in [1.54, 1.807) is 0 Å². The van der Waals surface area contributed by atoms with Crippen LogP contribution in [0.3, 0.4) is 0 Å². The number of nitrogens with zero attached hydrogens (tertiary/aromatic N) is 2. The summed E-state index contributed by atoms with van der Waals surface area (Å²) in [7, 11) is 0. The van der Waals surface area contributed by atoms with Crippen LogP contribution in [0.25, 0.3) is 0 Å². The molecule has 5 nitrogen and oxygen atoms in total. The van der Waals surface area contributed by atoms with Crippen molar-refractivity contribution in [2.24, 2.45) is 4.99 Å². The second-order valence-corrected chi connectivity index (χ2v) is 6.83. The van der Waals surface area contributed by atoms with Crippen LogP contribution in [0.5, 0.6) is 0 Å². The molecule has 138 valence electrons. The fourth-order valence-corrected chi connectivity index (χ4v) is 3.44. The SMILES string of the molecule is CCNC(=NCC(c1cccs1)N1CCOCC1)NC(C)CC.I. The first kappa shape index (κ1) is 21.7. The van der Waals surface area contributed by atoms with Gasteiger partial charge in [-0.15, -0.1) is 35.3 Å². The lowest BCUT2D eigenvalue weighted by molar-refractivity contribution is 0.0186. The van der Waals surface area contributed by atoms with Crippen molar-refractivity contribution in [2.75, 3.05) is 39.4 Å². The molecular weight excluding hydrogens is 435 g/mol. The minimum Gasteiger partial charge on any atom is -0.379 e. The maximum atomic E-state index is 5.50. The van der Waals surface area contributed by atoms with Crippen molar-refractivity contribution in [2.45, 2.75) is 39.3 Å². The van der Waals surface area contributed by atoms with Gasteiger partial charge in [-0.1, -0.05) is 13.0 Å². The van der Waals surface area contributed by atoms with E-state index in [1.807, 2.05) is 11.3 Å². The third-order valence-electron chi connectivity index (χ3n) is 4.12. The van der Waals surface area contributed by atoms with Crippen molar-refractivity contribution in [1.82, 2.24) is 15.5 Å². The molecule has 1 aromatic rings. The highest BCUT2D eigenvalue weighted by Crippen LogP contribution is 2.26. The quantitative estimate of drug-likeness (QED) is 0.369. The van der Waals surface area contributed by atoms with Crippen LogP contribution in [0.2, 0.25) is 0 Å². The van der Waals surface area contributed by atoms with Crippen LogP contribution < -0.4 is 10.6 Å². The van der Waals surface area contributed by atoms with Gasteiger partial charge in [-0.25, -0.2) is 0 Å². The summed E-state index contributed by atoms with van der Waals surface area (Å²) in [5.74, 6) is 0.914. The monoisotopic (exact) mass is 466 g/mol. The molecule has 2 N–H and O–H groups in total. The van der Waals surface area contributed by atoms with E-state index < -0.39 is 0 Å². The fourth-order valence-electron chi connectivity index (χ4n) is 2.59. The molecule has 7 heteroatoms. The number of hydrogen-bond donors (Lipinski definition) is 2. The van der Waals surface area contributed by atoms with Crippen LogP contribution in [-0.4, -0.2) is 56.3 Å². The van der Waals surface area contributed by atoms with Crippen molar-refractivity contribution >= 4 is 41.3 Å². The first-order valence-corrected chi connectivity index (χ1v) is 9.52. The van der Waals surface area contributed by atoms with Gasteiger partial charge in [0, 0.05) is 30.6 Å². The number of rotatable bonds is 7. The number of thiophene rings is 1. The van der Waals surface area contributed by atoms with Gasteiger partial charge in [-0.3, -0.25) is 9.89 Å². The van der Waals surface area contributed by atoms with E-state index in [0.29, 0.717) is 12.1 Å². The molecule has 0 bridgehead atoms. The summed E-state index contributed by atoms with van der Waals surface area (Å²) in [5.41, 5.74) is 0. The maximum absolute atomic E-state index is 5.50. The van der Waals surface area contributed by atoms with Gasteiger partial charge in [0.05, 0.1) is 25.8 Å². The predicted octanol–water partition coefficient (Wildman–Crippen LogP) is 3.09. The number of morpholine rings is 1. The number of halogens is 1. The van der Waals surface area contributed by atoms with Crippen molar-refractivity contribution in [3.05, 3.63) is 22.4 Å². The Kier molecular flexibility index (Phi) is 10.9. The number of guanidine groups is 1. The highest BCUT2D eigenvalue weighted by Gasteiger charge is 2.23. The number of nitrogens with one attached hydrogen (secondary N) is 2. The number of ether oxygens (including phenoxy) is 1. The summed E-state index contributed by atoms with van der Waals surface area (Å²) in [6.45, 7) is 11.7. The maximum Gasteiger partial charge on any atom is 0.191 e. The first-order chi connectivity index (χ1) is 11.2. The zero-order chi connectivity index (χ0) is 16.5. The van der Waals surface area contributed by atoms with E-state index in [4.69, 9.17) is 9.73 Å². The summed E-state index contributed by atoms with van der Waals surface area (Å²) in [5, 5.41) is 8.97. The molecule has 0 spiro atoms. The van der Waals surface area contributed by atoms with Crippen molar-refractivity contribution in [3.8, 4) is 0 Å². The summed E-state index contributed by atoms with van der Waals surface area (Å²) in [6.07, 6.45) is 1.09. The third-order valence-corrected chi connectivity index (χ3v) is 5.09. The second-order valence-electron chi connectivity index (χ2n) is 5.85. The first-order valence-electron chi connectivity index (χ1n) is 8.64. The molecule has 0 aliphatic carbocycles. The zero-order valence-corrected chi connectivity index (χ0v) is 18.1. The Hall–Kier alpha value is -0.380. The molecular formula is C17H31IN4OS. The molecule has 2 unspecified atom stereocenters. The Morgan fingerprint density at radius 1 is 1.38 bits per heavy atom. The Labute approximate surface area is 167 Å². The van der Waals surface area contributed by atoms with Crippen LogP contribution in [0, 0.1) is 0 Å². The lowest BCUT2D eigenvalue weighted by Crippen LogP contribution is -2.43. The Balaban J connectivity index is 0.00000288. The lowest BCUT2D eigenvalue weighted by Gasteiger charge is -2.33. The summed E-state index contributed by atoms with van der Waals surface area (Å²) >= 11 is 1.82. The van der Waals surface area contributed by atoms with E-state index in [2.05, 4.69) is 53.8 Å². The molecule has 0 amide bonds. The Morgan fingerprint density at radius 2 is 2.12 bits per heavy atom. The van der Waals surface area contributed by atoms with E-state index in [-0.39, 0.29) is 24.0 Å². The molecule has 2 rings (SSSR count). The van der Waals surface area contributed by atoms with Gasteiger partial charge < -0.3 is 15.4 Å². The molecule has 2 heterocycles. The van der Waals surface area contributed by atoms with Gasteiger partial charge in [0.15, 0.2) is 5.96 Å². The minimum atomic E-state index is 0. The highest BCUT2D eigenvalue weighted by molar-refractivity contribution is 14.0. The van der Waals surface area contributed by atoms with Crippen molar-refractivity contribution in [1.29, 1.82) is 0 Å². The normalized spacial score (nSPS) is 18.5. The lowest BCUT2D eigenvalue weighted by atomic mass is 10.2. The molecule has 1 fully saturated rings. The van der Waals surface area contributed by atoms with Crippen LogP contribution >= 0.6 is 35.3 Å². The van der Waals surface area contributed by atoms with E-state index >= 15 is 0 Å². The smallest absolute Gasteiger partial charge is 0.191 e. The standard InChI is InChI=1S/C17H30N4OS.HI/c1-4-14(3)20-17(18-5-2)19-13-15(16-7-6-12-23-16)21-8-10-22-11-9-21;/h6-7,12,14-15H,4-5,8-11,13H2,1-3H3,(H2,18,19,20);1H. The van der Waals surface area contributed by atoms with Gasteiger partial charge in [0.2, 0.25) is 0 Å². The van der Waals surface area contributed by atoms with Crippen LogP contribution in [0.15, 0.2) is 22.5 Å². The molecule has 0 radical (unpaired) electrons. The molecule has 1 saturated heterocycles. The number of aliphatic imine (C=N–C) groups is 1. The van der Waals surface area contributed by atoms with E-state index in [9.17, 15) is 0 Å². The van der Waals surface area contributed by atoms with Crippen LogP contribution in [0.1, 0.15) is 38.1 Å². The molecule has 2 atom stereocenters. The van der Waals surface area contributed by atoms with Gasteiger partial charge in [0.1, 0.15) is 0 Å². The zero-order valence-electron chi connectivity index (χ0n) is 15.0. The van der Waals surface area contributed by atoms with Gasteiger partial charge in [0.25, 0.3) is 0 Å². The topological polar surface area (TPSA) is 48.9 Å². The largest absolute Gasteiger partial charge is 0.379 e. The molecule has 24 heavy (non-hydrogen) atoms. The Bertz CT molecular complexity index is 463. The second kappa shape index (κ2) is 12.1. The molecule has 0 aromatic carbocycles. The minimum absolute atomic E-state index is 0. The van der Waals surface area contributed by atoms with Gasteiger partial charge in [-0.2, -0.15) is 0 Å². The number of hydrogen-bond acceptors (Lipinski definition) is 4. The predicted molar refractivity (Wildman–Crippen MR) is 114 cm³/mol. The van der Waals surface area contributed by atoms with Gasteiger partial charge >= 0.3 is 0 Å². The van der Waals surface area contributed by atoms with Crippen molar-refractivity contribution in [3.63, 3.8) is 0 Å². The Morgan fingerprint density at radius 3 is 2.71 bits per heavy atom. The van der Waals surface area contributed by atoms with Gasteiger partial charge in [-0.05, 0) is 31.7 Å². The molecule has 1 aromatic heterocycles. The van der Waals surface area contributed by atoms with E-state index in [1.165, 1.54) is 4.88 Å². The average molecular weight is 466 g/mol. The average Bonchev–Trinajstić information content (AvgIpc) is 3.10. The molecule has 1 aliphatic rings.